The van der Waals surface area contributed by atoms with Gasteiger partial charge < -0.3 is 25.0 Å². The van der Waals surface area contributed by atoms with Crippen molar-refractivity contribution in [3.05, 3.63) is 53.1 Å². The van der Waals surface area contributed by atoms with Crippen molar-refractivity contribution in [3.63, 3.8) is 0 Å². The molecule has 2 amide bonds. The van der Waals surface area contributed by atoms with Crippen LogP contribution in [0.1, 0.15) is 31.2 Å². The highest BCUT2D eigenvalue weighted by Crippen LogP contribution is 2.51. The summed E-state index contributed by atoms with van der Waals surface area (Å²) in [5, 5.41) is 5.17. The fourth-order valence-electron chi connectivity index (χ4n) is 5.47. The van der Waals surface area contributed by atoms with E-state index in [4.69, 9.17) is 9.47 Å². The number of likely N-dealkylation sites (tertiary alicyclic amines) is 1. The zero-order valence-electron chi connectivity index (χ0n) is 19.2. The SMILES string of the molecule is COc1ccc(C23CCC(NC(=O)Nc4cc(F)c(F)c(F)c4)CC2N(C)CC3)c(F)c1OC. The lowest BCUT2D eigenvalue weighted by Crippen LogP contribution is -2.52. The summed E-state index contributed by atoms with van der Waals surface area (Å²) < 4.78 is 66.0. The molecule has 6 nitrogen and oxygen atoms in total. The number of carbonyl (C=O) groups excluding carboxylic acids is 1. The van der Waals surface area contributed by atoms with Gasteiger partial charge in [-0.15, -0.1) is 0 Å². The molecule has 3 unspecified atom stereocenters. The van der Waals surface area contributed by atoms with Crippen molar-refractivity contribution in [1.29, 1.82) is 0 Å². The highest BCUT2D eigenvalue weighted by molar-refractivity contribution is 5.89. The Balaban J connectivity index is 1.51. The van der Waals surface area contributed by atoms with Crippen LogP contribution in [0.4, 0.5) is 28.0 Å². The number of ether oxygens (including phenoxy) is 2. The van der Waals surface area contributed by atoms with E-state index in [1.165, 1.54) is 14.2 Å². The number of methoxy groups -OCH3 is 2. The molecule has 1 aliphatic heterocycles. The lowest BCUT2D eigenvalue weighted by molar-refractivity contribution is 0.152. The van der Waals surface area contributed by atoms with Gasteiger partial charge in [0.15, 0.2) is 34.8 Å². The second kappa shape index (κ2) is 9.32. The van der Waals surface area contributed by atoms with Crippen LogP contribution in [0.25, 0.3) is 0 Å². The molecular weight excluding hydrogens is 454 g/mol. The third-order valence-corrected chi connectivity index (χ3v) is 7.13. The number of likely N-dealkylation sites (N-methyl/N-ethyl adjacent to an activating group) is 1. The number of anilines is 1. The van der Waals surface area contributed by atoms with Crippen molar-refractivity contribution in [2.75, 3.05) is 33.1 Å². The Kier molecular flexibility index (Phi) is 6.62. The first-order valence-electron chi connectivity index (χ1n) is 11.0. The predicted molar refractivity (Wildman–Crippen MR) is 118 cm³/mol. The summed E-state index contributed by atoms with van der Waals surface area (Å²) in [5.41, 5.74) is -0.0694. The Hall–Kier alpha value is -3.01. The summed E-state index contributed by atoms with van der Waals surface area (Å²) in [6, 6.07) is 3.96. The van der Waals surface area contributed by atoms with Crippen LogP contribution in [0.5, 0.6) is 11.5 Å². The van der Waals surface area contributed by atoms with Gasteiger partial charge in [-0.2, -0.15) is 0 Å². The second-order valence-corrected chi connectivity index (χ2v) is 8.89. The first-order chi connectivity index (χ1) is 16.2. The van der Waals surface area contributed by atoms with Crippen LogP contribution in [-0.2, 0) is 5.41 Å². The van der Waals surface area contributed by atoms with E-state index < -0.39 is 34.7 Å². The first-order valence-corrected chi connectivity index (χ1v) is 11.0. The van der Waals surface area contributed by atoms with Crippen molar-refractivity contribution in [2.45, 2.75) is 43.2 Å². The van der Waals surface area contributed by atoms with Crippen LogP contribution >= 0.6 is 0 Å². The molecule has 184 valence electrons. The summed E-state index contributed by atoms with van der Waals surface area (Å²) in [4.78, 5) is 14.6. The van der Waals surface area contributed by atoms with Gasteiger partial charge in [-0.3, -0.25) is 0 Å². The lowest BCUT2D eigenvalue weighted by atomic mass is 9.65. The van der Waals surface area contributed by atoms with Crippen LogP contribution in [0.2, 0.25) is 0 Å². The largest absolute Gasteiger partial charge is 0.493 e. The molecule has 1 heterocycles. The maximum Gasteiger partial charge on any atom is 0.319 e. The normalized spacial score (nSPS) is 24.4. The molecule has 2 aromatic rings. The maximum atomic E-state index is 15.5. The van der Waals surface area contributed by atoms with Crippen molar-refractivity contribution < 1.29 is 31.8 Å². The van der Waals surface area contributed by atoms with E-state index in [1.807, 2.05) is 7.05 Å². The quantitative estimate of drug-likeness (QED) is 0.485. The number of rotatable bonds is 5. The fourth-order valence-corrected chi connectivity index (χ4v) is 5.47. The predicted octanol–water partition coefficient (Wildman–Crippen LogP) is 4.58. The summed E-state index contributed by atoms with van der Waals surface area (Å²) in [5.74, 6) is -4.41. The lowest BCUT2D eigenvalue weighted by Gasteiger charge is -2.45. The highest BCUT2D eigenvalue weighted by Gasteiger charge is 2.52. The number of urea groups is 1. The molecule has 3 atom stereocenters. The minimum atomic E-state index is -1.60. The summed E-state index contributed by atoms with van der Waals surface area (Å²) in [6.45, 7) is 0.769. The van der Waals surface area contributed by atoms with Gasteiger partial charge in [0.2, 0.25) is 0 Å². The van der Waals surface area contributed by atoms with Crippen LogP contribution in [-0.4, -0.2) is 50.8 Å². The summed E-state index contributed by atoms with van der Waals surface area (Å²) in [6.07, 6.45) is 2.52. The smallest absolute Gasteiger partial charge is 0.319 e. The van der Waals surface area contributed by atoms with E-state index in [9.17, 15) is 18.0 Å². The molecular formula is C24H27F4N3O3. The van der Waals surface area contributed by atoms with Crippen molar-refractivity contribution in [2.24, 2.45) is 0 Å². The molecule has 1 saturated heterocycles. The van der Waals surface area contributed by atoms with E-state index >= 15 is 4.39 Å². The van der Waals surface area contributed by atoms with Gasteiger partial charge in [0.05, 0.1) is 14.2 Å². The van der Waals surface area contributed by atoms with Crippen molar-refractivity contribution in [3.8, 4) is 11.5 Å². The molecule has 0 spiro atoms. The molecule has 0 aromatic heterocycles. The second-order valence-electron chi connectivity index (χ2n) is 8.89. The van der Waals surface area contributed by atoms with Gasteiger partial charge in [0.1, 0.15) is 0 Å². The summed E-state index contributed by atoms with van der Waals surface area (Å²) in [7, 11) is 4.83. The van der Waals surface area contributed by atoms with E-state index in [0.29, 0.717) is 42.7 Å². The molecule has 4 rings (SSSR count). The van der Waals surface area contributed by atoms with Gasteiger partial charge in [0, 0.05) is 35.3 Å². The number of benzene rings is 2. The number of nitrogens with one attached hydrogen (secondary N) is 2. The zero-order valence-corrected chi connectivity index (χ0v) is 19.2. The highest BCUT2D eigenvalue weighted by atomic mass is 19.2. The number of amides is 2. The number of nitrogens with zero attached hydrogens (tertiary/aromatic N) is 1. The molecule has 2 aromatic carbocycles. The standard InChI is InChI=1S/C24H27F4N3O3/c1-31-9-8-24(15-4-5-18(33-2)22(34-3)20(15)27)7-6-13(12-19(24)31)29-23(32)30-14-10-16(25)21(28)17(26)11-14/h4-5,10-11,13,19H,6-9,12H2,1-3H3,(H2,29,30,32). The van der Waals surface area contributed by atoms with Crippen LogP contribution in [0, 0.1) is 23.3 Å². The Labute approximate surface area is 195 Å². The van der Waals surface area contributed by atoms with Crippen molar-refractivity contribution >= 4 is 11.7 Å². The molecule has 2 aliphatic rings. The van der Waals surface area contributed by atoms with Gasteiger partial charge in [-0.1, -0.05) is 6.07 Å². The number of fused-ring (bicyclic) bond motifs is 1. The average molecular weight is 481 g/mol. The first kappa shape index (κ1) is 24.1. The molecule has 0 radical (unpaired) electrons. The van der Waals surface area contributed by atoms with Gasteiger partial charge in [0.25, 0.3) is 0 Å². The van der Waals surface area contributed by atoms with Gasteiger partial charge in [-0.05, 0) is 50.9 Å². The van der Waals surface area contributed by atoms with Crippen LogP contribution in [0.3, 0.4) is 0 Å². The van der Waals surface area contributed by atoms with E-state index in [-0.39, 0.29) is 23.5 Å². The third kappa shape index (κ3) is 4.15. The Morgan fingerprint density at radius 1 is 1.06 bits per heavy atom. The number of carbonyl (C=O) groups is 1. The van der Waals surface area contributed by atoms with Crippen LogP contribution < -0.4 is 20.1 Å². The minimum Gasteiger partial charge on any atom is -0.493 e. The Morgan fingerprint density at radius 2 is 1.76 bits per heavy atom. The number of halogens is 4. The molecule has 2 N–H and O–H groups in total. The Bertz CT molecular complexity index is 1080. The number of hydrogen-bond donors (Lipinski definition) is 2. The number of hydrogen-bond acceptors (Lipinski definition) is 4. The molecule has 2 fully saturated rings. The summed E-state index contributed by atoms with van der Waals surface area (Å²) >= 11 is 0. The minimum absolute atomic E-state index is 0.0418. The average Bonchev–Trinajstić information content (AvgIpc) is 3.13. The fraction of sp³-hybridized carbons (Fsp3) is 0.458. The van der Waals surface area contributed by atoms with Crippen LogP contribution in [0.15, 0.2) is 24.3 Å². The molecule has 1 aliphatic carbocycles. The van der Waals surface area contributed by atoms with Gasteiger partial charge in [-0.25, -0.2) is 22.4 Å². The Morgan fingerprint density at radius 3 is 2.41 bits per heavy atom. The van der Waals surface area contributed by atoms with E-state index in [0.717, 1.165) is 13.0 Å². The molecule has 0 bridgehead atoms. The van der Waals surface area contributed by atoms with E-state index in [2.05, 4.69) is 15.5 Å². The third-order valence-electron chi connectivity index (χ3n) is 7.13. The monoisotopic (exact) mass is 481 g/mol. The van der Waals surface area contributed by atoms with Crippen molar-refractivity contribution in [1.82, 2.24) is 10.2 Å². The zero-order chi connectivity index (χ0) is 24.6. The maximum absolute atomic E-state index is 15.5. The van der Waals surface area contributed by atoms with E-state index in [1.54, 1.807) is 12.1 Å². The molecule has 1 saturated carbocycles. The topological polar surface area (TPSA) is 62.8 Å². The van der Waals surface area contributed by atoms with Gasteiger partial charge >= 0.3 is 6.03 Å². The molecule has 34 heavy (non-hydrogen) atoms. The molecule has 10 heteroatoms.